The highest BCUT2D eigenvalue weighted by atomic mass is 35.5. The Labute approximate surface area is 168 Å². The molecule has 1 fully saturated rings. The summed E-state index contributed by atoms with van der Waals surface area (Å²) in [6.07, 6.45) is 3.01. The molecule has 0 saturated carbocycles. The molecular formula is C23H31ClN2O. The van der Waals surface area contributed by atoms with Crippen molar-refractivity contribution in [2.75, 3.05) is 44.5 Å². The average Bonchev–Trinajstić information content (AvgIpc) is 2.72. The molecule has 2 aromatic rings. The molecule has 1 atom stereocenters. The fraction of sp³-hybridized carbons (Fsp3) is 0.478. The Morgan fingerprint density at radius 2 is 1.59 bits per heavy atom. The van der Waals surface area contributed by atoms with E-state index in [9.17, 15) is 5.11 Å². The van der Waals surface area contributed by atoms with Crippen molar-refractivity contribution in [3.63, 3.8) is 0 Å². The second-order valence-electron chi connectivity index (χ2n) is 7.73. The molecule has 4 heteroatoms. The maximum Gasteiger partial charge on any atom is 0.117 e. The van der Waals surface area contributed by atoms with Crippen LogP contribution in [-0.2, 0) is 5.60 Å². The summed E-state index contributed by atoms with van der Waals surface area (Å²) in [4.78, 5) is 4.56. The number of rotatable bonds is 7. The topological polar surface area (TPSA) is 26.7 Å². The third-order valence-electron chi connectivity index (χ3n) is 5.82. The van der Waals surface area contributed by atoms with Gasteiger partial charge in [-0.2, -0.15) is 0 Å². The van der Waals surface area contributed by atoms with Crippen LogP contribution in [-0.4, -0.2) is 49.6 Å². The van der Waals surface area contributed by atoms with Gasteiger partial charge in [0.25, 0.3) is 0 Å². The zero-order valence-corrected chi connectivity index (χ0v) is 17.2. The number of alkyl halides is 1. The largest absolute Gasteiger partial charge is 0.380 e. The van der Waals surface area contributed by atoms with Crippen molar-refractivity contribution in [3.05, 3.63) is 65.7 Å². The minimum atomic E-state index is -0.954. The lowest BCUT2D eigenvalue weighted by Gasteiger charge is -2.42. The van der Waals surface area contributed by atoms with E-state index in [-0.39, 0.29) is 5.92 Å². The van der Waals surface area contributed by atoms with Crippen LogP contribution in [0.2, 0.25) is 0 Å². The van der Waals surface area contributed by atoms with Gasteiger partial charge in [0.05, 0.1) is 0 Å². The highest BCUT2D eigenvalue weighted by molar-refractivity contribution is 6.17. The van der Waals surface area contributed by atoms with Crippen LogP contribution in [0.3, 0.4) is 0 Å². The van der Waals surface area contributed by atoms with Gasteiger partial charge in [-0.15, -0.1) is 11.6 Å². The van der Waals surface area contributed by atoms with Crippen molar-refractivity contribution in [2.45, 2.75) is 24.9 Å². The number of piperidine rings is 1. The van der Waals surface area contributed by atoms with Crippen LogP contribution in [0.5, 0.6) is 0 Å². The van der Waals surface area contributed by atoms with Crippen molar-refractivity contribution in [3.8, 4) is 0 Å². The van der Waals surface area contributed by atoms with Crippen LogP contribution in [0, 0.1) is 5.92 Å². The van der Waals surface area contributed by atoms with Gasteiger partial charge in [-0.1, -0.05) is 42.5 Å². The molecule has 1 saturated heterocycles. The number of anilines is 1. The van der Waals surface area contributed by atoms with Gasteiger partial charge in [-0.05, 0) is 68.1 Å². The third kappa shape index (κ3) is 4.48. The Balaban J connectivity index is 1.88. The number of nitrogens with zero attached hydrogens (tertiary/aromatic N) is 2. The Kier molecular flexibility index (Phi) is 6.80. The van der Waals surface area contributed by atoms with Gasteiger partial charge in [0.2, 0.25) is 0 Å². The van der Waals surface area contributed by atoms with Crippen molar-refractivity contribution in [1.29, 1.82) is 0 Å². The van der Waals surface area contributed by atoms with Gasteiger partial charge < -0.3 is 14.9 Å². The zero-order chi connectivity index (χ0) is 19.3. The van der Waals surface area contributed by atoms with Crippen molar-refractivity contribution >= 4 is 17.3 Å². The summed E-state index contributed by atoms with van der Waals surface area (Å²) in [6, 6.07) is 18.5. The molecule has 1 heterocycles. The Morgan fingerprint density at radius 1 is 1.00 bits per heavy atom. The maximum atomic E-state index is 12.0. The van der Waals surface area contributed by atoms with E-state index in [2.05, 4.69) is 46.2 Å². The third-order valence-corrected chi connectivity index (χ3v) is 6.09. The molecule has 0 bridgehead atoms. The molecule has 0 radical (unpaired) electrons. The molecule has 3 nitrogen and oxygen atoms in total. The standard InChI is InChI=1S/C23H31ClN2O/c1-25(2)22-11-9-20(10-12-22)23(27,19-7-4-3-5-8-19)21-13-17-26(18-14-21)16-6-15-24/h3-5,7-12,21,27H,6,13-18H2,1-2H3. The monoisotopic (exact) mass is 386 g/mol. The number of halogens is 1. The summed E-state index contributed by atoms with van der Waals surface area (Å²) in [5.74, 6) is 0.920. The second kappa shape index (κ2) is 9.09. The minimum absolute atomic E-state index is 0.206. The quantitative estimate of drug-likeness (QED) is 0.717. The molecule has 1 unspecified atom stereocenters. The Morgan fingerprint density at radius 3 is 2.15 bits per heavy atom. The molecule has 146 valence electrons. The highest BCUT2D eigenvalue weighted by Crippen LogP contribution is 2.42. The lowest BCUT2D eigenvalue weighted by molar-refractivity contribution is -0.0141. The van der Waals surface area contributed by atoms with Gasteiger partial charge in [0.1, 0.15) is 5.60 Å². The number of benzene rings is 2. The van der Waals surface area contributed by atoms with Crippen LogP contribution < -0.4 is 4.90 Å². The Bertz CT molecular complexity index is 696. The molecule has 0 aliphatic carbocycles. The highest BCUT2D eigenvalue weighted by Gasteiger charge is 2.41. The summed E-state index contributed by atoms with van der Waals surface area (Å²) >= 11 is 5.85. The lowest BCUT2D eigenvalue weighted by Crippen LogP contribution is -2.44. The molecule has 0 aromatic heterocycles. The van der Waals surface area contributed by atoms with Crippen LogP contribution in [0.4, 0.5) is 5.69 Å². The van der Waals surface area contributed by atoms with Crippen molar-refractivity contribution < 1.29 is 5.11 Å². The summed E-state index contributed by atoms with van der Waals surface area (Å²) in [5.41, 5.74) is 2.16. The fourth-order valence-electron chi connectivity index (χ4n) is 4.20. The van der Waals surface area contributed by atoms with Crippen molar-refractivity contribution in [1.82, 2.24) is 4.90 Å². The number of hydrogen-bond acceptors (Lipinski definition) is 3. The van der Waals surface area contributed by atoms with E-state index in [0.717, 1.165) is 55.7 Å². The van der Waals surface area contributed by atoms with E-state index >= 15 is 0 Å². The molecule has 1 aliphatic rings. The van der Waals surface area contributed by atoms with Gasteiger partial charge in [0, 0.05) is 25.7 Å². The van der Waals surface area contributed by atoms with E-state index in [1.54, 1.807) is 0 Å². The van der Waals surface area contributed by atoms with Crippen LogP contribution in [0.15, 0.2) is 54.6 Å². The zero-order valence-electron chi connectivity index (χ0n) is 16.4. The van der Waals surface area contributed by atoms with E-state index in [0.29, 0.717) is 5.88 Å². The number of aliphatic hydroxyl groups is 1. The predicted molar refractivity (Wildman–Crippen MR) is 115 cm³/mol. The Hall–Kier alpha value is -1.55. The number of hydrogen-bond donors (Lipinski definition) is 1. The van der Waals surface area contributed by atoms with E-state index in [1.165, 1.54) is 0 Å². The second-order valence-corrected chi connectivity index (χ2v) is 8.11. The molecule has 2 aromatic carbocycles. The van der Waals surface area contributed by atoms with Crippen LogP contribution in [0.25, 0.3) is 0 Å². The van der Waals surface area contributed by atoms with E-state index in [4.69, 9.17) is 11.6 Å². The van der Waals surface area contributed by atoms with Crippen LogP contribution >= 0.6 is 11.6 Å². The van der Waals surface area contributed by atoms with E-state index < -0.39 is 5.60 Å². The first-order chi connectivity index (χ1) is 13.1. The van der Waals surface area contributed by atoms with Gasteiger partial charge >= 0.3 is 0 Å². The summed E-state index contributed by atoms with van der Waals surface area (Å²) in [5, 5.41) is 12.0. The molecular weight excluding hydrogens is 356 g/mol. The average molecular weight is 387 g/mol. The summed E-state index contributed by atoms with van der Waals surface area (Å²) in [7, 11) is 4.07. The first kappa shape index (κ1) is 20.2. The molecule has 1 N–H and O–H groups in total. The van der Waals surface area contributed by atoms with Gasteiger partial charge in [-0.25, -0.2) is 0 Å². The van der Waals surface area contributed by atoms with Gasteiger partial charge in [0.15, 0.2) is 0 Å². The normalized spacial score (nSPS) is 18.2. The SMILES string of the molecule is CN(C)c1ccc(C(O)(c2ccccc2)C2CCN(CCCCl)CC2)cc1. The predicted octanol–water partition coefficient (Wildman–Crippen LogP) is 4.33. The lowest BCUT2D eigenvalue weighted by atomic mass is 9.72. The molecule has 0 spiro atoms. The number of likely N-dealkylation sites (tertiary alicyclic amines) is 1. The van der Waals surface area contributed by atoms with E-state index in [1.807, 2.05) is 32.3 Å². The molecule has 3 rings (SSSR count). The summed E-state index contributed by atoms with van der Waals surface area (Å²) < 4.78 is 0. The van der Waals surface area contributed by atoms with Crippen molar-refractivity contribution in [2.24, 2.45) is 5.92 Å². The smallest absolute Gasteiger partial charge is 0.117 e. The maximum absolute atomic E-state index is 12.0. The van der Waals surface area contributed by atoms with Gasteiger partial charge in [-0.3, -0.25) is 0 Å². The molecule has 27 heavy (non-hydrogen) atoms. The summed E-state index contributed by atoms with van der Waals surface area (Å²) in [6.45, 7) is 3.09. The first-order valence-electron chi connectivity index (χ1n) is 9.89. The minimum Gasteiger partial charge on any atom is -0.380 e. The molecule has 0 amide bonds. The molecule has 1 aliphatic heterocycles. The fourth-order valence-corrected chi connectivity index (χ4v) is 4.32. The first-order valence-corrected chi connectivity index (χ1v) is 10.4. The van der Waals surface area contributed by atoms with Crippen LogP contribution in [0.1, 0.15) is 30.4 Å².